The summed E-state index contributed by atoms with van der Waals surface area (Å²) in [7, 11) is -2.19. The van der Waals surface area contributed by atoms with Gasteiger partial charge in [0.1, 0.15) is 5.25 Å². The van der Waals surface area contributed by atoms with E-state index in [0.717, 1.165) is 34.3 Å². The second kappa shape index (κ2) is 17.1. The van der Waals surface area contributed by atoms with E-state index in [1.807, 2.05) is 62.7 Å². The molecule has 0 saturated carbocycles. The first kappa shape index (κ1) is 36.7. The molecule has 0 spiro atoms. The van der Waals surface area contributed by atoms with Crippen molar-refractivity contribution in [2.24, 2.45) is 0 Å². The molecule has 0 radical (unpaired) electrons. The van der Waals surface area contributed by atoms with Gasteiger partial charge < -0.3 is 4.74 Å². The summed E-state index contributed by atoms with van der Waals surface area (Å²) < 4.78 is 35.7. The Morgan fingerprint density at radius 1 is 0.930 bits per heavy atom. The van der Waals surface area contributed by atoms with Crippen LogP contribution < -0.4 is 4.72 Å². The van der Waals surface area contributed by atoms with E-state index in [0.29, 0.717) is 5.56 Å². The maximum atomic E-state index is 11.6. The number of nitrogens with one attached hydrogen (secondary N) is 1. The SMILES string of the molecule is COC(=O)CC(SOOO)c1ccc(C)c(C)c1.Cc1ccc(C2CC(=O)NS2(=O)=O)cc1C.Cc1ccc(I)cc1C. The van der Waals surface area contributed by atoms with Gasteiger partial charge in [0.25, 0.3) is 0 Å². The van der Waals surface area contributed by atoms with E-state index in [2.05, 4.69) is 68.7 Å². The molecule has 4 rings (SSSR count). The zero-order valence-electron chi connectivity index (χ0n) is 25.3. The van der Waals surface area contributed by atoms with Gasteiger partial charge in [-0.2, -0.15) is 0 Å². The second-order valence-electron chi connectivity index (χ2n) is 10.2. The lowest BCUT2D eigenvalue weighted by atomic mass is 10.0. The van der Waals surface area contributed by atoms with E-state index >= 15 is 0 Å². The van der Waals surface area contributed by atoms with Gasteiger partial charge in [-0.15, -0.1) is 4.33 Å². The van der Waals surface area contributed by atoms with Gasteiger partial charge in [0.2, 0.25) is 15.9 Å². The van der Waals surface area contributed by atoms with Crippen LogP contribution in [0.3, 0.4) is 0 Å². The van der Waals surface area contributed by atoms with Crippen molar-refractivity contribution < 1.29 is 37.4 Å². The average Bonchev–Trinajstić information content (AvgIpc) is 3.24. The van der Waals surface area contributed by atoms with Crippen molar-refractivity contribution in [3.63, 3.8) is 0 Å². The molecule has 12 heteroatoms. The number of esters is 1. The van der Waals surface area contributed by atoms with Crippen LogP contribution in [0.2, 0.25) is 0 Å². The number of amides is 1. The fourth-order valence-electron chi connectivity index (χ4n) is 3.99. The first-order valence-electron chi connectivity index (χ1n) is 13.3. The number of hydrogen-bond acceptors (Lipinski definition) is 9. The number of rotatable bonds is 7. The Morgan fingerprint density at radius 2 is 1.49 bits per heavy atom. The Morgan fingerprint density at radius 3 is 1.95 bits per heavy atom. The van der Waals surface area contributed by atoms with Crippen molar-refractivity contribution in [2.75, 3.05) is 7.11 Å². The van der Waals surface area contributed by atoms with Crippen LogP contribution in [0.1, 0.15) is 67.8 Å². The summed E-state index contributed by atoms with van der Waals surface area (Å²) in [6.45, 7) is 12.2. The van der Waals surface area contributed by atoms with Gasteiger partial charge in [0, 0.05) is 15.6 Å². The topological polar surface area (TPSA) is 128 Å². The Hall–Kier alpha value is -2.49. The molecule has 1 aliphatic heterocycles. The van der Waals surface area contributed by atoms with Gasteiger partial charge in [-0.1, -0.05) is 47.5 Å². The molecule has 234 valence electrons. The van der Waals surface area contributed by atoms with Gasteiger partial charge in [-0.25, -0.2) is 13.7 Å². The normalized spacial score (nSPS) is 15.7. The van der Waals surface area contributed by atoms with Crippen LogP contribution in [0.25, 0.3) is 0 Å². The molecule has 0 bridgehead atoms. The predicted octanol–water partition coefficient (Wildman–Crippen LogP) is 7.08. The lowest BCUT2D eigenvalue weighted by molar-refractivity contribution is -0.432. The zero-order chi connectivity index (χ0) is 32.3. The molecule has 2 atom stereocenters. The molecule has 0 aliphatic carbocycles. The van der Waals surface area contributed by atoms with Gasteiger partial charge >= 0.3 is 5.97 Å². The molecule has 1 fully saturated rings. The molecule has 43 heavy (non-hydrogen) atoms. The third-order valence-corrected chi connectivity index (χ3v) is 10.2. The summed E-state index contributed by atoms with van der Waals surface area (Å²) in [5, 5.41) is 10.7. The summed E-state index contributed by atoms with van der Waals surface area (Å²) >= 11 is 3.18. The maximum Gasteiger partial charge on any atom is 0.307 e. The summed E-state index contributed by atoms with van der Waals surface area (Å²) in [4.78, 5) is 22.4. The standard InChI is InChI=1S/C12H16O5S.C11H13NO3S.C8H9I/c1-8-4-5-10(6-9(8)2)11(18-17-16-14)7-12(13)15-3;1-7-3-4-9(5-8(7)2)10-6-11(13)12-16(10,14)15;1-6-3-4-8(9)5-7(6)2/h4-6,11,14H,7H2,1-3H3;3-5,10H,6H2,1-2H3,(H,12,13);3-5H,1-2H3. The minimum absolute atomic E-state index is 0.0187. The van der Waals surface area contributed by atoms with E-state index in [4.69, 9.17) is 5.26 Å². The van der Waals surface area contributed by atoms with Crippen LogP contribution in [0, 0.1) is 45.1 Å². The smallest absolute Gasteiger partial charge is 0.307 e. The summed E-state index contributed by atoms with van der Waals surface area (Å²) in [6.07, 6.45) is 0.151. The number of halogens is 1. The maximum absolute atomic E-state index is 11.6. The summed E-state index contributed by atoms with van der Waals surface area (Å²) in [6, 6.07) is 17.8. The average molecular weight is 744 g/mol. The molecule has 0 aromatic heterocycles. The highest BCUT2D eigenvalue weighted by Gasteiger charge is 2.37. The molecule has 1 aliphatic rings. The van der Waals surface area contributed by atoms with Crippen LogP contribution in [-0.2, 0) is 33.7 Å². The van der Waals surface area contributed by atoms with Crippen molar-refractivity contribution in [1.29, 1.82) is 0 Å². The third-order valence-electron chi connectivity index (χ3n) is 7.04. The fraction of sp³-hybridized carbons (Fsp3) is 0.355. The van der Waals surface area contributed by atoms with E-state index in [1.165, 1.54) is 27.4 Å². The predicted molar refractivity (Wildman–Crippen MR) is 177 cm³/mol. The number of hydrogen-bond donors (Lipinski definition) is 2. The van der Waals surface area contributed by atoms with E-state index < -0.39 is 21.2 Å². The molecule has 1 saturated heterocycles. The van der Waals surface area contributed by atoms with Gasteiger partial charge in [-0.05, 0) is 121 Å². The number of ether oxygens (including phenoxy) is 1. The third kappa shape index (κ3) is 11.5. The number of sulfonamides is 1. The molecule has 1 amide bonds. The number of carbonyl (C=O) groups is 2. The molecule has 3 aromatic carbocycles. The van der Waals surface area contributed by atoms with Gasteiger partial charge in [0.15, 0.2) is 0 Å². The van der Waals surface area contributed by atoms with Gasteiger partial charge in [0.05, 0.1) is 25.2 Å². The second-order valence-corrected chi connectivity index (χ2v) is 14.2. The van der Waals surface area contributed by atoms with Crippen molar-refractivity contribution in [3.8, 4) is 0 Å². The van der Waals surface area contributed by atoms with Crippen LogP contribution in [-0.4, -0.2) is 32.7 Å². The highest BCUT2D eigenvalue weighted by Crippen LogP contribution is 2.34. The van der Waals surface area contributed by atoms with Crippen molar-refractivity contribution >= 4 is 56.5 Å². The Labute approximate surface area is 272 Å². The Kier molecular flexibility index (Phi) is 14.6. The van der Waals surface area contributed by atoms with Crippen molar-refractivity contribution in [1.82, 2.24) is 4.72 Å². The largest absolute Gasteiger partial charge is 0.469 e. The Balaban J connectivity index is 0.000000237. The summed E-state index contributed by atoms with van der Waals surface area (Å²) in [5.74, 6) is -0.782. The zero-order valence-corrected chi connectivity index (χ0v) is 29.1. The molecule has 1 heterocycles. The van der Waals surface area contributed by atoms with Crippen LogP contribution in [0.4, 0.5) is 0 Å². The molecular formula is C31H38INO8S2. The molecule has 2 N–H and O–H groups in total. The number of carbonyl (C=O) groups excluding carboxylic acids is 2. The van der Waals surface area contributed by atoms with Crippen LogP contribution in [0.5, 0.6) is 0 Å². The Bertz CT molecular complexity index is 1530. The van der Waals surface area contributed by atoms with Crippen LogP contribution in [0.15, 0.2) is 54.6 Å². The van der Waals surface area contributed by atoms with Crippen LogP contribution >= 0.6 is 34.6 Å². The quantitative estimate of drug-likeness (QED) is 0.0858. The van der Waals surface area contributed by atoms with Crippen molar-refractivity contribution in [3.05, 3.63) is 103 Å². The highest BCUT2D eigenvalue weighted by molar-refractivity contribution is 14.1. The van der Waals surface area contributed by atoms with Crippen molar-refractivity contribution in [2.45, 2.75) is 64.9 Å². The number of methoxy groups -OCH3 is 1. The van der Waals surface area contributed by atoms with E-state index in [-0.39, 0.29) is 24.1 Å². The number of benzene rings is 3. The minimum atomic E-state index is -3.52. The highest BCUT2D eigenvalue weighted by atomic mass is 127. The molecule has 2 unspecified atom stereocenters. The molecule has 3 aromatic rings. The lowest BCUT2D eigenvalue weighted by Crippen LogP contribution is -2.21. The molecule has 9 nitrogen and oxygen atoms in total. The molecular weight excluding hydrogens is 705 g/mol. The van der Waals surface area contributed by atoms with Gasteiger partial charge in [-0.3, -0.25) is 14.3 Å². The van der Waals surface area contributed by atoms with E-state index in [1.54, 1.807) is 6.07 Å². The minimum Gasteiger partial charge on any atom is -0.469 e. The first-order valence-corrected chi connectivity index (χ1v) is 16.7. The fourth-order valence-corrected chi connectivity index (χ4v) is 6.65. The summed E-state index contributed by atoms with van der Waals surface area (Å²) in [5.41, 5.74) is 8.77. The lowest BCUT2D eigenvalue weighted by Gasteiger charge is -2.14. The van der Waals surface area contributed by atoms with E-state index in [9.17, 15) is 18.0 Å². The first-order chi connectivity index (χ1) is 20.2. The monoisotopic (exact) mass is 743 g/mol. The number of aryl methyl sites for hydroxylation is 6.